The zero-order valence-electron chi connectivity index (χ0n) is 24.7. The second-order valence-electron chi connectivity index (χ2n) is 9.79. The molecular formula is C33H32Cl2N4O5S. The van der Waals surface area contributed by atoms with Gasteiger partial charge in [-0.2, -0.15) is 5.10 Å². The van der Waals surface area contributed by atoms with Crippen molar-refractivity contribution in [1.29, 1.82) is 0 Å². The summed E-state index contributed by atoms with van der Waals surface area (Å²) in [4.78, 5) is 25.4. The lowest BCUT2D eigenvalue weighted by Gasteiger charge is -2.30. The second kappa shape index (κ2) is 16.1. The maximum atomic E-state index is 12.8. The van der Waals surface area contributed by atoms with Crippen LogP contribution in [0.5, 0.6) is 11.5 Å². The minimum Gasteiger partial charge on any atom is -0.489 e. The van der Waals surface area contributed by atoms with Crippen LogP contribution in [0.1, 0.15) is 42.1 Å². The molecule has 45 heavy (non-hydrogen) atoms. The van der Waals surface area contributed by atoms with E-state index in [0.717, 1.165) is 16.7 Å². The van der Waals surface area contributed by atoms with E-state index in [4.69, 9.17) is 49.6 Å². The van der Waals surface area contributed by atoms with Crippen LogP contribution in [0.4, 0.5) is 0 Å². The lowest BCUT2D eigenvalue weighted by molar-refractivity contribution is -0.139. The number of halogens is 2. The number of nitrogens with one attached hydrogen (secondary N) is 3. The third kappa shape index (κ3) is 9.07. The van der Waals surface area contributed by atoms with E-state index in [0.29, 0.717) is 49.9 Å². The van der Waals surface area contributed by atoms with Crippen molar-refractivity contribution in [3.05, 3.63) is 117 Å². The average molecular weight is 668 g/mol. The van der Waals surface area contributed by atoms with Crippen molar-refractivity contribution in [2.24, 2.45) is 5.10 Å². The number of hydrogen-bond acceptors (Lipinski definition) is 7. The lowest BCUT2D eigenvalue weighted by atomic mass is 9.95. The van der Waals surface area contributed by atoms with E-state index in [1.54, 1.807) is 56.3 Å². The predicted octanol–water partition coefficient (Wildman–Crippen LogP) is 6.19. The molecule has 1 aliphatic heterocycles. The van der Waals surface area contributed by atoms with Gasteiger partial charge in [0.2, 0.25) is 0 Å². The summed E-state index contributed by atoms with van der Waals surface area (Å²) in [6.07, 6.45) is 3.86. The summed E-state index contributed by atoms with van der Waals surface area (Å²) in [5.74, 6) is 0.122. The summed E-state index contributed by atoms with van der Waals surface area (Å²) in [6, 6.07) is 17.3. The first kappa shape index (κ1) is 33.5. The number of carbonyl (C=O) groups is 2. The van der Waals surface area contributed by atoms with E-state index in [1.807, 2.05) is 24.3 Å². The Hall–Kier alpha value is -4.38. The smallest absolute Gasteiger partial charge is 0.338 e. The molecule has 3 N–H and O–H groups in total. The van der Waals surface area contributed by atoms with Crippen LogP contribution in [0.25, 0.3) is 0 Å². The summed E-state index contributed by atoms with van der Waals surface area (Å²) >= 11 is 17.6. The van der Waals surface area contributed by atoms with Gasteiger partial charge in [-0.1, -0.05) is 53.5 Å². The van der Waals surface area contributed by atoms with E-state index in [-0.39, 0.29) is 19.8 Å². The second-order valence-corrected chi connectivity index (χ2v) is 11.0. The molecule has 0 spiro atoms. The minimum absolute atomic E-state index is 0.221. The average Bonchev–Trinajstić information content (AvgIpc) is 3.00. The van der Waals surface area contributed by atoms with Gasteiger partial charge in [0.1, 0.15) is 18.1 Å². The molecular weight excluding hydrogens is 635 g/mol. The Kier molecular flexibility index (Phi) is 12.0. The first-order valence-electron chi connectivity index (χ1n) is 14.0. The largest absolute Gasteiger partial charge is 0.489 e. The number of esters is 1. The van der Waals surface area contributed by atoms with Gasteiger partial charge >= 0.3 is 5.97 Å². The van der Waals surface area contributed by atoms with E-state index < -0.39 is 17.9 Å². The van der Waals surface area contributed by atoms with Crippen LogP contribution in [-0.4, -0.2) is 36.4 Å². The molecule has 0 fully saturated rings. The lowest BCUT2D eigenvalue weighted by Crippen LogP contribution is -2.45. The molecule has 0 radical (unpaired) electrons. The van der Waals surface area contributed by atoms with Crippen molar-refractivity contribution in [2.45, 2.75) is 32.9 Å². The molecule has 0 aromatic heterocycles. The predicted molar refractivity (Wildman–Crippen MR) is 180 cm³/mol. The van der Waals surface area contributed by atoms with Crippen molar-refractivity contribution in [1.82, 2.24) is 16.1 Å². The number of para-hydroxylation sites is 1. The quantitative estimate of drug-likeness (QED) is 0.0652. The minimum atomic E-state index is -0.630. The fraction of sp³-hybridized carbons (Fsp3) is 0.212. The maximum absolute atomic E-state index is 12.8. The first-order valence-corrected chi connectivity index (χ1v) is 15.2. The van der Waals surface area contributed by atoms with E-state index >= 15 is 0 Å². The molecule has 3 aromatic carbocycles. The highest BCUT2D eigenvalue weighted by atomic mass is 35.5. The first-order chi connectivity index (χ1) is 21.7. The third-order valence-electron chi connectivity index (χ3n) is 6.60. The van der Waals surface area contributed by atoms with Crippen molar-refractivity contribution in [3.63, 3.8) is 0 Å². The third-order valence-corrected chi connectivity index (χ3v) is 7.41. The van der Waals surface area contributed by atoms with Crippen molar-refractivity contribution in [3.8, 4) is 11.5 Å². The summed E-state index contributed by atoms with van der Waals surface area (Å²) < 4.78 is 17.1. The molecule has 234 valence electrons. The Morgan fingerprint density at radius 1 is 1.07 bits per heavy atom. The number of carbonyl (C=O) groups excluding carboxylic acids is 2. The van der Waals surface area contributed by atoms with E-state index in [9.17, 15) is 9.59 Å². The Bertz CT molecular complexity index is 1660. The number of hydrazone groups is 1. The number of ether oxygens (including phenoxy) is 3. The number of benzene rings is 3. The Balaban J connectivity index is 1.39. The summed E-state index contributed by atoms with van der Waals surface area (Å²) in [5, 5.41) is 11.6. The van der Waals surface area contributed by atoms with Crippen LogP contribution in [0.2, 0.25) is 10.0 Å². The maximum Gasteiger partial charge on any atom is 0.338 e. The standard InChI is InChI=1S/C33H32Cl2N4O5S/c1-4-8-22-15-21(11-14-27(22)43-18-23-12-13-24(34)16-26(23)35)17-36-39-29(40)19-44-28-10-7-6-9-25(28)31-30(32(41)42-5-2)20(3)37-33(45)38-31/h4,6-7,9-17,31H,1,5,8,18-19H2,2-3H3,(H,39,40)(H2,37,38,45)/t31-/m0/s1. The number of amides is 1. The number of hydrogen-bond donors (Lipinski definition) is 3. The molecule has 0 unspecified atom stereocenters. The Labute approximate surface area is 277 Å². The highest BCUT2D eigenvalue weighted by Crippen LogP contribution is 2.33. The molecule has 4 rings (SSSR count). The van der Waals surface area contributed by atoms with Gasteiger partial charge in [-0.15, -0.1) is 6.58 Å². The van der Waals surface area contributed by atoms with Crippen LogP contribution < -0.4 is 25.5 Å². The summed E-state index contributed by atoms with van der Waals surface area (Å²) in [6.45, 7) is 7.49. The number of nitrogens with zero attached hydrogens (tertiary/aromatic N) is 1. The molecule has 1 heterocycles. The molecule has 9 nitrogen and oxygen atoms in total. The fourth-order valence-corrected chi connectivity index (χ4v) is 5.28. The molecule has 1 atom stereocenters. The van der Waals surface area contributed by atoms with Gasteiger partial charge in [-0.25, -0.2) is 10.2 Å². The SMILES string of the molecule is C=CCc1cc(C=NNC(=O)COc2ccccc2[C@@H]2NC(=S)NC(C)=C2C(=O)OCC)ccc1OCc1ccc(Cl)cc1Cl. The fourth-order valence-electron chi connectivity index (χ4n) is 4.54. The van der Waals surface area contributed by atoms with Crippen molar-refractivity contribution < 1.29 is 23.8 Å². The Morgan fingerprint density at radius 2 is 1.87 bits per heavy atom. The highest BCUT2D eigenvalue weighted by molar-refractivity contribution is 7.80. The Morgan fingerprint density at radius 3 is 2.62 bits per heavy atom. The van der Waals surface area contributed by atoms with Gasteiger partial charge in [-0.3, -0.25) is 4.79 Å². The molecule has 0 aliphatic carbocycles. The van der Waals surface area contributed by atoms with E-state index in [2.05, 4.69) is 27.7 Å². The highest BCUT2D eigenvalue weighted by Gasteiger charge is 2.32. The normalized spacial score (nSPS) is 14.4. The van der Waals surface area contributed by atoms with Gasteiger partial charge in [0.25, 0.3) is 5.91 Å². The van der Waals surface area contributed by atoms with Gasteiger partial charge < -0.3 is 24.8 Å². The van der Waals surface area contributed by atoms with Crippen LogP contribution in [0.3, 0.4) is 0 Å². The summed E-state index contributed by atoms with van der Waals surface area (Å²) in [5.41, 5.74) is 6.50. The molecule has 1 aliphatic rings. The van der Waals surface area contributed by atoms with Gasteiger partial charge in [0, 0.05) is 26.9 Å². The van der Waals surface area contributed by atoms with Crippen LogP contribution in [-0.2, 0) is 27.4 Å². The van der Waals surface area contributed by atoms with Gasteiger partial charge in [-0.05, 0) is 80.0 Å². The van der Waals surface area contributed by atoms with Crippen LogP contribution in [0.15, 0.2) is 89.7 Å². The summed E-state index contributed by atoms with van der Waals surface area (Å²) in [7, 11) is 0. The van der Waals surface area contributed by atoms with Crippen LogP contribution in [0, 0.1) is 0 Å². The number of allylic oxidation sites excluding steroid dienone is 2. The zero-order chi connectivity index (χ0) is 32.3. The van der Waals surface area contributed by atoms with Gasteiger partial charge in [0.15, 0.2) is 11.7 Å². The van der Waals surface area contributed by atoms with Gasteiger partial charge in [0.05, 0.1) is 24.4 Å². The molecule has 0 bridgehead atoms. The number of thiocarbonyl (C=S) groups is 1. The monoisotopic (exact) mass is 666 g/mol. The zero-order valence-corrected chi connectivity index (χ0v) is 27.0. The molecule has 12 heteroatoms. The molecule has 0 saturated carbocycles. The molecule has 1 amide bonds. The molecule has 3 aromatic rings. The van der Waals surface area contributed by atoms with Crippen molar-refractivity contribution >= 4 is 58.6 Å². The van der Waals surface area contributed by atoms with Crippen molar-refractivity contribution in [2.75, 3.05) is 13.2 Å². The van der Waals surface area contributed by atoms with Crippen LogP contribution >= 0.6 is 35.4 Å². The van der Waals surface area contributed by atoms with E-state index in [1.165, 1.54) is 6.21 Å². The molecule has 0 saturated heterocycles. The number of rotatable bonds is 13. The topological polar surface area (TPSA) is 110 Å².